The van der Waals surface area contributed by atoms with Crippen molar-refractivity contribution < 1.29 is 13.9 Å². The van der Waals surface area contributed by atoms with Crippen LogP contribution in [0.25, 0.3) is 0 Å². The molecule has 0 unspecified atom stereocenters. The average Bonchev–Trinajstić information content (AvgIpc) is 2.42. The van der Waals surface area contributed by atoms with Gasteiger partial charge in [-0.25, -0.2) is 4.39 Å². The Morgan fingerprint density at radius 1 is 1.25 bits per heavy atom. The van der Waals surface area contributed by atoms with E-state index in [4.69, 9.17) is 10.5 Å². The van der Waals surface area contributed by atoms with Crippen molar-refractivity contribution in [3.05, 3.63) is 53.3 Å². The minimum Gasteiger partial charge on any atom is -0.495 e. The van der Waals surface area contributed by atoms with Gasteiger partial charge in [-0.1, -0.05) is 6.07 Å². The van der Waals surface area contributed by atoms with E-state index in [-0.39, 0.29) is 5.91 Å². The topological polar surface area (TPSA) is 64.3 Å². The van der Waals surface area contributed by atoms with Gasteiger partial charge in [0.05, 0.1) is 12.8 Å². The number of rotatable bonds is 3. The Morgan fingerprint density at radius 3 is 2.65 bits per heavy atom. The number of hydrogen-bond acceptors (Lipinski definition) is 3. The molecule has 1 amide bonds. The summed E-state index contributed by atoms with van der Waals surface area (Å²) in [5, 5.41) is 2.66. The summed E-state index contributed by atoms with van der Waals surface area (Å²) in [7, 11) is 1.50. The second-order valence-corrected chi connectivity index (χ2v) is 4.37. The van der Waals surface area contributed by atoms with Crippen molar-refractivity contribution in [3.8, 4) is 5.75 Å². The first-order valence-electron chi connectivity index (χ1n) is 6.02. The zero-order valence-electron chi connectivity index (χ0n) is 11.2. The van der Waals surface area contributed by atoms with Gasteiger partial charge in [0, 0.05) is 11.3 Å². The molecule has 0 aromatic heterocycles. The van der Waals surface area contributed by atoms with E-state index in [1.54, 1.807) is 25.1 Å². The number of benzene rings is 2. The zero-order chi connectivity index (χ0) is 14.7. The Balaban J connectivity index is 2.24. The molecule has 0 aliphatic carbocycles. The lowest BCUT2D eigenvalue weighted by molar-refractivity contribution is 0.102. The summed E-state index contributed by atoms with van der Waals surface area (Å²) in [4.78, 5) is 12.1. The van der Waals surface area contributed by atoms with Crippen LogP contribution in [0.1, 0.15) is 15.9 Å². The van der Waals surface area contributed by atoms with Crippen LogP contribution >= 0.6 is 0 Å². The monoisotopic (exact) mass is 274 g/mol. The van der Waals surface area contributed by atoms with Crippen molar-refractivity contribution in [2.75, 3.05) is 18.2 Å². The lowest BCUT2D eigenvalue weighted by Gasteiger charge is -2.10. The molecule has 2 aromatic carbocycles. The van der Waals surface area contributed by atoms with Gasteiger partial charge < -0.3 is 15.8 Å². The first-order chi connectivity index (χ1) is 9.51. The molecule has 0 aliphatic rings. The van der Waals surface area contributed by atoms with Crippen LogP contribution in [0.15, 0.2) is 36.4 Å². The van der Waals surface area contributed by atoms with Gasteiger partial charge in [-0.2, -0.15) is 0 Å². The van der Waals surface area contributed by atoms with Crippen LogP contribution in [0, 0.1) is 12.7 Å². The van der Waals surface area contributed by atoms with E-state index < -0.39 is 5.82 Å². The largest absolute Gasteiger partial charge is 0.495 e. The molecule has 0 radical (unpaired) electrons. The minimum absolute atomic E-state index is 0.354. The Kier molecular flexibility index (Phi) is 3.89. The molecule has 3 N–H and O–H groups in total. The predicted molar refractivity (Wildman–Crippen MR) is 76.5 cm³/mol. The summed E-state index contributed by atoms with van der Waals surface area (Å²) in [6, 6.07) is 8.95. The maximum Gasteiger partial charge on any atom is 0.255 e. The van der Waals surface area contributed by atoms with Gasteiger partial charge in [-0.15, -0.1) is 0 Å². The molecule has 2 aromatic rings. The second-order valence-electron chi connectivity index (χ2n) is 4.37. The van der Waals surface area contributed by atoms with Crippen LogP contribution in [0.3, 0.4) is 0 Å². The van der Waals surface area contributed by atoms with E-state index in [2.05, 4.69) is 5.32 Å². The van der Waals surface area contributed by atoms with Gasteiger partial charge >= 0.3 is 0 Å². The number of carbonyl (C=O) groups excluding carboxylic acids is 1. The number of ether oxygens (including phenoxy) is 1. The van der Waals surface area contributed by atoms with Gasteiger partial charge in [-0.05, 0) is 42.8 Å². The maximum absolute atomic E-state index is 13.2. The Labute approximate surface area is 116 Å². The molecule has 20 heavy (non-hydrogen) atoms. The van der Waals surface area contributed by atoms with Crippen molar-refractivity contribution in [1.82, 2.24) is 0 Å². The molecular weight excluding hydrogens is 259 g/mol. The molecule has 104 valence electrons. The number of carbonyl (C=O) groups is 1. The number of nitrogens with two attached hydrogens (primary N) is 1. The predicted octanol–water partition coefficient (Wildman–Crippen LogP) is 2.98. The van der Waals surface area contributed by atoms with E-state index in [1.165, 1.54) is 25.3 Å². The third kappa shape index (κ3) is 2.88. The molecule has 0 heterocycles. The molecule has 0 saturated carbocycles. The summed E-state index contributed by atoms with van der Waals surface area (Å²) in [6.45, 7) is 1.79. The lowest BCUT2D eigenvalue weighted by atomic mass is 10.1. The van der Waals surface area contributed by atoms with Gasteiger partial charge in [0.15, 0.2) is 0 Å². The van der Waals surface area contributed by atoms with Crippen molar-refractivity contribution in [1.29, 1.82) is 0 Å². The number of aryl methyl sites for hydroxylation is 1. The third-order valence-electron chi connectivity index (χ3n) is 2.94. The molecule has 5 heteroatoms. The SMILES string of the molecule is COc1ccc(C(=O)Nc2cc(F)ccc2C)cc1N. The Bertz CT molecular complexity index is 656. The number of anilines is 2. The first kappa shape index (κ1) is 13.9. The van der Waals surface area contributed by atoms with Gasteiger partial charge in [0.1, 0.15) is 11.6 Å². The van der Waals surface area contributed by atoms with Crippen LogP contribution in [0.5, 0.6) is 5.75 Å². The quantitative estimate of drug-likeness (QED) is 0.846. The van der Waals surface area contributed by atoms with Crippen LogP contribution in [-0.2, 0) is 0 Å². The standard InChI is InChI=1S/C15H15FN2O2/c1-9-3-5-11(16)8-13(9)18-15(19)10-4-6-14(20-2)12(17)7-10/h3-8H,17H2,1-2H3,(H,18,19). The van der Waals surface area contributed by atoms with E-state index in [0.717, 1.165) is 5.56 Å². The number of nitrogen functional groups attached to an aromatic ring is 1. The van der Waals surface area contributed by atoms with Crippen LogP contribution in [0.4, 0.5) is 15.8 Å². The summed E-state index contributed by atoms with van der Waals surface area (Å²) >= 11 is 0. The highest BCUT2D eigenvalue weighted by Crippen LogP contribution is 2.23. The number of methoxy groups -OCH3 is 1. The normalized spacial score (nSPS) is 10.2. The summed E-state index contributed by atoms with van der Waals surface area (Å²) in [5.41, 5.74) is 7.72. The molecular formula is C15H15FN2O2. The zero-order valence-corrected chi connectivity index (χ0v) is 11.2. The maximum atomic E-state index is 13.2. The number of amides is 1. The third-order valence-corrected chi connectivity index (χ3v) is 2.94. The van der Waals surface area contributed by atoms with E-state index >= 15 is 0 Å². The Morgan fingerprint density at radius 2 is 2.00 bits per heavy atom. The highest BCUT2D eigenvalue weighted by Gasteiger charge is 2.10. The summed E-state index contributed by atoms with van der Waals surface area (Å²) in [6.07, 6.45) is 0. The summed E-state index contributed by atoms with van der Waals surface area (Å²) < 4.78 is 18.2. The van der Waals surface area contributed by atoms with E-state index in [1.807, 2.05) is 0 Å². The molecule has 0 saturated heterocycles. The molecule has 0 bridgehead atoms. The number of nitrogens with one attached hydrogen (secondary N) is 1. The van der Waals surface area contributed by atoms with Crippen LogP contribution in [-0.4, -0.2) is 13.0 Å². The smallest absolute Gasteiger partial charge is 0.255 e. The fraction of sp³-hybridized carbons (Fsp3) is 0.133. The van der Waals surface area contributed by atoms with Crippen molar-refractivity contribution in [2.45, 2.75) is 6.92 Å². The highest BCUT2D eigenvalue weighted by atomic mass is 19.1. The van der Waals surface area contributed by atoms with Crippen LogP contribution in [0.2, 0.25) is 0 Å². The summed E-state index contributed by atoms with van der Waals surface area (Å²) in [5.74, 6) is -0.253. The molecule has 0 atom stereocenters. The van der Waals surface area contributed by atoms with Crippen molar-refractivity contribution >= 4 is 17.3 Å². The number of hydrogen-bond donors (Lipinski definition) is 2. The fourth-order valence-corrected chi connectivity index (χ4v) is 1.80. The molecule has 4 nitrogen and oxygen atoms in total. The minimum atomic E-state index is -0.403. The van der Waals surface area contributed by atoms with Crippen molar-refractivity contribution in [3.63, 3.8) is 0 Å². The van der Waals surface area contributed by atoms with E-state index in [9.17, 15) is 9.18 Å². The van der Waals surface area contributed by atoms with Crippen LogP contribution < -0.4 is 15.8 Å². The highest BCUT2D eigenvalue weighted by molar-refractivity contribution is 6.05. The van der Waals surface area contributed by atoms with Gasteiger partial charge in [-0.3, -0.25) is 4.79 Å². The molecule has 0 spiro atoms. The molecule has 0 aliphatic heterocycles. The molecule has 2 rings (SSSR count). The van der Waals surface area contributed by atoms with Gasteiger partial charge in [0.2, 0.25) is 0 Å². The molecule has 0 fully saturated rings. The fourth-order valence-electron chi connectivity index (χ4n) is 1.80. The average molecular weight is 274 g/mol. The number of halogens is 1. The van der Waals surface area contributed by atoms with Gasteiger partial charge in [0.25, 0.3) is 5.91 Å². The first-order valence-corrected chi connectivity index (χ1v) is 6.02. The Hall–Kier alpha value is -2.56. The van der Waals surface area contributed by atoms with E-state index in [0.29, 0.717) is 22.7 Å². The lowest BCUT2D eigenvalue weighted by Crippen LogP contribution is -2.13. The second kappa shape index (κ2) is 5.61. The van der Waals surface area contributed by atoms with Crippen molar-refractivity contribution in [2.24, 2.45) is 0 Å².